The van der Waals surface area contributed by atoms with Crippen LogP contribution in [0.2, 0.25) is 0 Å². The maximum Gasteiger partial charge on any atom is 0.233 e. The van der Waals surface area contributed by atoms with E-state index in [0.717, 1.165) is 28.1 Å². The third-order valence-electron chi connectivity index (χ3n) is 4.50. The molecule has 5 nitrogen and oxygen atoms in total. The maximum atomic E-state index is 12.5. The van der Waals surface area contributed by atoms with Gasteiger partial charge in [-0.25, -0.2) is 9.97 Å². The predicted octanol–water partition coefficient (Wildman–Crippen LogP) is 3.67. The van der Waals surface area contributed by atoms with Crippen molar-refractivity contribution in [3.8, 4) is 6.07 Å². The van der Waals surface area contributed by atoms with Crippen molar-refractivity contribution in [1.29, 1.82) is 5.26 Å². The highest BCUT2D eigenvalue weighted by Crippen LogP contribution is 2.39. The van der Waals surface area contributed by atoms with Gasteiger partial charge in [0, 0.05) is 23.4 Å². The molecule has 0 spiro atoms. The number of thiophene rings is 1. The van der Waals surface area contributed by atoms with Crippen LogP contribution in [0.15, 0.2) is 11.4 Å². The van der Waals surface area contributed by atoms with Crippen LogP contribution in [0.3, 0.4) is 0 Å². The number of nitrogens with zero attached hydrogens (tertiary/aromatic N) is 4. The average Bonchev–Trinajstić information content (AvgIpc) is 3.03. The highest BCUT2D eigenvalue weighted by molar-refractivity contribution is 8.00. The van der Waals surface area contributed by atoms with E-state index in [0.29, 0.717) is 18.8 Å². The lowest BCUT2D eigenvalue weighted by atomic mass is 9.97. The number of thioether (sulfide) groups is 1. The molecular weight excluding hydrogens is 352 g/mol. The van der Waals surface area contributed by atoms with Crippen molar-refractivity contribution < 1.29 is 4.79 Å². The normalized spacial score (nSPS) is 14.8. The third-order valence-corrected chi connectivity index (χ3v) is 6.67. The molecule has 7 heteroatoms. The Balaban J connectivity index is 1.76. The molecular formula is C18H22N4OS2. The van der Waals surface area contributed by atoms with Crippen LogP contribution in [0.25, 0.3) is 10.2 Å². The monoisotopic (exact) mass is 374 g/mol. The van der Waals surface area contributed by atoms with Gasteiger partial charge in [-0.2, -0.15) is 5.26 Å². The van der Waals surface area contributed by atoms with Crippen molar-refractivity contribution in [2.75, 3.05) is 18.8 Å². The first-order valence-electron chi connectivity index (χ1n) is 8.69. The van der Waals surface area contributed by atoms with Gasteiger partial charge in [0.05, 0.1) is 17.7 Å². The molecule has 0 aromatic carbocycles. The van der Waals surface area contributed by atoms with Crippen molar-refractivity contribution in [2.24, 2.45) is 5.92 Å². The summed E-state index contributed by atoms with van der Waals surface area (Å²) < 4.78 is 0. The number of amides is 1. The van der Waals surface area contributed by atoms with Crippen LogP contribution < -0.4 is 0 Å². The zero-order valence-electron chi connectivity index (χ0n) is 14.6. The van der Waals surface area contributed by atoms with E-state index in [2.05, 4.69) is 16.0 Å². The lowest BCUT2D eigenvalue weighted by Gasteiger charge is -2.21. The summed E-state index contributed by atoms with van der Waals surface area (Å²) in [6, 6.07) is 2.19. The van der Waals surface area contributed by atoms with Gasteiger partial charge in [0.1, 0.15) is 16.2 Å². The van der Waals surface area contributed by atoms with Crippen LogP contribution in [-0.4, -0.2) is 39.6 Å². The van der Waals surface area contributed by atoms with E-state index in [9.17, 15) is 4.79 Å². The SMILES string of the molecule is CCN(CC(C)C#N)C(=O)CSc1ncnc2sc3c(c12)CCCC3. The van der Waals surface area contributed by atoms with Gasteiger partial charge >= 0.3 is 0 Å². The zero-order chi connectivity index (χ0) is 17.8. The smallest absolute Gasteiger partial charge is 0.233 e. The largest absolute Gasteiger partial charge is 0.341 e. The molecule has 132 valence electrons. The fraction of sp³-hybridized carbons (Fsp3) is 0.556. The lowest BCUT2D eigenvalue weighted by Crippen LogP contribution is -2.35. The van der Waals surface area contributed by atoms with Gasteiger partial charge in [-0.15, -0.1) is 11.3 Å². The van der Waals surface area contributed by atoms with E-state index in [1.165, 1.54) is 35.0 Å². The molecule has 25 heavy (non-hydrogen) atoms. The summed E-state index contributed by atoms with van der Waals surface area (Å²) in [5, 5.41) is 11.0. The molecule has 2 aromatic heterocycles. The second-order valence-electron chi connectivity index (χ2n) is 6.32. The molecule has 0 saturated heterocycles. The number of hydrogen-bond donors (Lipinski definition) is 0. The zero-order valence-corrected chi connectivity index (χ0v) is 16.3. The number of nitriles is 1. The Hall–Kier alpha value is -1.65. The minimum atomic E-state index is -0.149. The van der Waals surface area contributed by atoms with E-state index in [4.69, 9.17) is 5.26 Å². The Bertz CT molecular complexity index is 811. The molecule has 0 radical (unpaired) electrons. The van der Waals surface area contributed by atoms with Crippen LogP contribution in [0, 0.1) is 17.2 Å². The van der Waals surface area contributed by atoms with Gasteiger partial charge in [-0.3, -0.25) is 4.79 Å². The van der Waals surface area contributed by atoms with Crippen LogP contribution in [0.1, 0.15) is 37.1 Å². The van der Waals surface area contributed by atoms with E-state index in [1.807, 2.05) is 13.8 Å². The Morgan fingerprint density at radius 1 is 1.44 bits per heavy atom. The van der Waals surface area contributed by atoms with E-state index >= 15 is 0 Å². The lowest BCUT2D eigenvalue weighted by molar-refractivity contribution is -0.128. The molecule has 1 amide bonds. The third kappa shape index (κ3) is 3.96. The summed E-state index contributed by atoms with van der Waals surface area (Å²) in [4.78, 5) is 25.6. The maximum absolute atomic E-state index is 12.5. The van der Waals surface area contributed by atoms with Crippen LogP contribution >= 0.6 is 23.1 Å². The van der Waals surface area contributed by atoms with Crippen LogP contribution in [-0.2, 0) is 17.6 Å². The summed E-state index contributed by atoms with van der Waals surface area (Å²) in [6.45, 7) is 4.90. The van der Waals surface area contributed by atoms with E-state index in [1.54, 1.807) is 22.6 Å². The Morgan fingerprint density at radius 3 is 3.00 bits per heavy atom. The van der Waals surface area contributed by atoms with Gasteiger partial charge in [0.15, 0.2) is 0 Å². The van der Waals surface area contributed by atoms with Crippen molar-refractivity contribution in [2.45, 2.75) is 44.6 Å². The standard InChI is InChI=1S/C18H22N4OS2/c1-3-22(9-12(2)8-19)15(23)10-24-17-16-13-6-4-5-7-14(13)25-18(16)21-11-20-17/h11-12H,3-7,9-10H2,1-2H3. The number of carbonyl (C=O) groups excluding carboxylic acids is 1. The average molecular weight is 375 g/mol. The Labute approximate surface area is 156 Å². The van der Waals surface area contributed by atoms with Gasteiger partial charge in [-0.05, 0) is 45.1 Å². The summed E-state index contributed by atoms with van der Waals surface area (Å²) in [5.74, 6) is 0.261. The molecule has 2 aromatic rings. The van der Waals surface area contributed by atoms with Crippen LogP contribution in [0.5, 0.6) is 0 Å². The van der Waals surface area contributed by atoms with Crippen molar-refractivity contribution >= 4 is 39.2 Å². The quantitative estimate of drug-likeness (QED) is 0.570. The molecule has 1 aliphatic rings. The molecule has 0 N–H and O–H groups in total. The molecule has 0 fully saturated rings. The molecule has 3 rings (SSSR count). The minimum Gasteiger partial charge on any atom is -0.341 e. The Morgan fingerprint density at radius 2 is 2.24 bits per heavy atom. The Kier molecular flexibility index (Phi) is 5.92. The second kappa shape index (κ2) is 8.15. The van der Waals surface area contributed by atoms with Crippen molar-refractivity contribution in [1.82, 2.24) is 14.9 Å². The van der Waals surface area contributed by atoms with E-state index in [-0.39, 0.29) is 11.8 Å². The molecule has 1 aliphatic carbocycles. The number of aromatic nitrogens is 2. The first-order chi connectivity index (χ1) is 12.1. The number of hydrogen-bond acceptors (Lipinski definition) is 6. The topological polar surface area (TPSA) is 69.9 Å². The molecule has 2 heterocycles. The number of fused-ring (bicyclic) bond motifs is 3. The van der Waals surface area contributed by atoms with Crippen molar-refractivity contribution in [3.05, 3.63) is 16.8 Å². The predicted molar refractivity (Wildman–Crippen MR) is 102 cm³/mol. The fourth-order valence-electron chi connectivity index (χ4n) is 3.17. The molecule has 1 unspecified atom stereocenters. The summed E-state index contributed by atoms with van der Waals surface area (Å²) in [6.07, 6.45) is 6.29. The van der Waals surface area contributed by atoms with Crippen molar-refractivity contribution in [3.63, 3.8) is 0 Å². The summed E-state index contributed by atoms with van der Waals surface area (Å²) >= 11 is 3.27. The first kappa shape index (κ1) is 18.2. The molecule has 0 aliphatic heterocycles. The highest BCUT2D eigenvalue weighted by Gasteiger charge is 2.21. The van der Waals surface area contributed by atoms with Gasteiger partial charge in [-0.1, -0.05) is 11.8 Å². The molecule has 0 bridgehead atoms. The van der Waals surface area contributed by atoms with Gasteiger partial charge < -0.3 is 4.90 Å². The summed E-state index contributed by atoms with van der Waals surface area (Å²) in [5.41, 5.74) is 1.40. The van der Waals surface area contributed by atoms with Gasteiger partial charge in [0.2, 0.25) is 5.91 Å². The highest BCUT2D eigenvalue weighted by atomic mass is 32.2. The number of aryl methyl sites for hydroxylation is 2. The molecule has 1 atom stereocenters. The number of carbonyl (C=O) groups is 1. The van der Waals surface area contributed by atoms with Crippen LogP contribution in [0.4, 0.5) is 0 Å². The fourth-order valence-corrected chi connectivity index (χ4v) is 5.39. The van der Waals surface area contributed by atoms with E-state index < -0.39 is 0 Å². The molecule has 0 saturated carbocycles. The number of rotatable bonds is 6. The first-order valence-corrected chi connectivity index (χ1v) is 10.5. The van der Waals surface area contributed by atoms with Gasteiger partial charge in [0.25, 0.3) is 0 Å². The minimum absolute atomic E-state index is 0.0606. The second-order valence-corrected chi connectivity index (χ2v) is 8.37. The summed E-state index contributed by atoms with van der Waals surface area (Å²) in [7, 11) is 0.